The summed E-state index contributed by atoms with van der Waals surface area (Å²) in [7, 11) is 0. The first-order valence-corrected chi connectivity index (χ1v) is 6.89. The van der Waals surface area contributed by atoms with Crippen LogP contribution in [-0.2, 0) is 0 Å². The summed E-state index contributed by atoms with van der Waals surface area (Å²) in [6, 6.07) is -0.0566. The minimum Gasteiger partial charge on any atom is -0.352 e. The molecule has 3 N–H and O–H groups in total. The van der Waals surface area contributed by atoms with Crippen LogP contribution in [0.5, 0.6) is 0 Å². The minimum absolute atomic E-state index is 0. The monoisotopic (exact) mass is 345 g/mol. The van der Waals surface area contributed by atoms with Crippen molar-refractivity contribution in [2.24, 2.45) is 0 Å². The molecule has 8 heteroatoms. The highest BCUT2D eigenvalue weighted by molar-refractivity contribution is 6.44. The Balaban J connectivity index is 0.00000180. The molecule has 1 aromatic rings. The third-order valence-electron chi connectivity index (χ3n) is 3.01. The molecule has 1 aliphatic heterocycles. The van der Waals surface area contributed by atoms with Gasteiger partial charge in [-0.2, -0.15) is 0 Å². The summed E-state index contributed by atoms with van der Waals surface area (Å²) in [5.41, 5.74) is 0.973. The van der Waals surface area contributed by atoms with Crippen LogP contribution in [-0.4, -0.2) is 35.4 Å². The van der Waals surface area contributed by atoms with E-state index in [1.54, 1.807) is 6.92 Å². The van der Waals surface area contributed by atoms with Gasteiger partial charge in [0.25, 0.3) is 5.91 Å². The fraction of sp³-hybridized carbons (Fsp3) is 0.545. The van der Waals surface area contributed by atoms with Crippen molar-refractivity contribution < 1.29 is 4.79 Å². The molecule has 1 aliphatic rings. The molecule has 0 unspecified atom stereocenters. The minimum atomic E-state index is -0.271. The van der Waals surface area contributed by atoms with Crippen molar-refractivity contribution in [1.29, 1.82) is 0 Å². The molecule has 1 saturated heterocycles. The number of aromatic amines is 1. The van der Waals surface area contributed by atoms with Crippen LogP contribution in [0.2, 0.25) is 10.0 Å². The van der Waals surface area contributed by atoms with Crippen molar-refractivity contribution in [1.82, 2.24) is 15.6 Å². The Hall–Kier alpha value is -0.130. The van der Waals surface area contributed by atoms with Gasteiger partial charge in [-0.3, -0.25) is 4.79 Å². The molecule has 108 valence electrons. The van der Waals surface area contributed by atoms with Gasteiger partial charge < -0.3 is 15.6 Å². The number of alkyl halides is 1. The van der Waals surface area contributed by atoms with Crippen LogP contribution in [0.3, 0.4) is 0 Å². The molecule has 0 aliphatic carbocycles. The van der Waals surface area contributed by atoms with Crippen LogP contribution in [0, 0.1) is 6.92 Å². The number of hydrogen-bond acceptors (Lipinski definition) is 2. The predicted octanol–water partition coefficient (Wildman–Crippen LogP) is 2.75. The zero-order valence-corrected chi connectivity index (χ0v) is 13.3. The van der Waals surface area contributed by atoms with Gasteiger partial charge in [-0.05, 0) is 19.9 Å². The summed E-state index contributed by atoms with van der Waals surface area (Å²) < 4.78 is 0. The SMILES string of the molecule is Cc1[nH]c(C(=O)N[C@H]2CCNC[C@H]2Cl)c(Cl)c1Cl.Cl. The second-order valence-corrected chi connectivity index (χ2v) is 5.66. The van der Waals surface area contributed by atoms with E-state index in [-0.39, 0.29) is 34.8 Å². The Morgan fingerprint density at radius 1 is 1.37 bits per heavy atom. The number of piperidine rings is 1. The fourth-order valence-corrected chi connectivity index (χ4v) is 2.67. The second-order valence-electron chi connectivity index (χ2n) is 4.34. The lowest BCUT2D eigenvalue weighted by atomic mass is 10.1. The van der Waals surface area contributed by atoms with E-state index in [0.717, 1.165) is 13.0 Å². The first-order chi connectivity index (χ1) is 8.50. The number of carbonyl (C=O) groups is 1. The molecule has 0 aromatic carbocycles. The van der Waals surface area contributed by atoms with Gasteiger partial charge in [0, 0.05) is 18.3 Å². The van der Waals surface area contributed by atoms with Gasteiger partial charge in [0.15, 0.2) is 0 Å². The van der Waals surface area contributed by atoms with Gasteiger partial charge in [0.1, 0.15) is 5.69 Å². The molecular weight excluding hydrogens is 332 g/mol. The molecule has 0 bridgehead atoms. The Kier molecular flexibility index (Phi) is 6.27. The normalized spacial score (nSPS) is 22.7. The van der Waals surface area contributed by atoms with E-state index in [0.29, 0.717) is 23.0 Å². The number of H-pyrrole nitrogens is 1. The van der Waals surface area contributed by atoms with Crippen molar-refractivity contribution >= 4 is 53.1 Å². The van der Waals surface area contributed by atoms with Gasteiger partial charge in [0.05, 0.1) is 15.4 Å². The fourth-order valence-electron chi connectivity index (χ4n) is 1.95. The number of aromatic nitrogens is 1. The maximum absolute atomic E-state index is 12.1. The number of amides is 1. The van der Waals surface area contributed by atoms with E-state index in [1.807, 2.05) is 0 Å². The van der Waals surface area contributed by atoms with Gasteiger partial charge in [-0.25, -0.2) is 0 Å². The lowest BCUT2D eigenvalue weighted by Gasteiger charge is -2.28. The Labute approximate surface area is 133 Å². The number of carbonyl (C=O) groups excluding carboxylic acids is 1. The van der Waals surface area contributed by atoms with Gasteiger partial charge in [-0.15, -0.1) is 24.0 Å². The Bertz CT molecular complexity index is 463. The van der Waals surface area contributed by atoms with Crippen LogP contribution in [0.25, 0.3) is 0 Å². The molecule has 1 fully saturated rings. The van der Waals surface area contributed by atoms with E-state index in [2.05, 4.69) is 15.6 Å². The van der Waals surface area contributed by atoms with E-state index in [4.69, 9.17) is 34.8 Å². The Morgan fingerprint density at radius 3 is 2.58 bits per heavy atom. The second kappa shape index (κ2) is 7.04. The first-order valence-electron chi connectivity index (χ1n) is 5.70. The van der Waals surface area contributed by atoms with Crippen molar-refractivity contribution in [2.45, 2.75) is 24.8 Å². The molecule has 1 amide bonds. The smallest absolute Gasteiger partial charge is 0.269 e. The third-order valence-corrected chi connectivity index (χ3v) is 4.41. The van der Waals surface area contributed by atoms with E-state index >= 15 is 0 Å². The van der Waals surface area contributed by atoms with Crippen molar-refractivity contribution in [3.8, 4) is 0 Å². The molecule has 2 rings (SSSR count). The number of nitrogens with one attached hydrogen (secondary N) is 3. The van der Waals surface area contributed by atoms with E-state index in [1.165, 1.54) is 0 Å². The van der Waals surface area contributed by atoms with Crippen LogP contribution < -0.4 is 10.6 Å². The quantitative estimate of drug-likeness (QED) is 0.721. The highest BCUT2D eigenvalue weighted by Gasteiger charge is 2.26. The lowest BCUT2D eigenvalue weighted by Crippen LogP contribution is -2.50. The van der Waals surface area contributed by atoms with Crippen molar-refractivity contribution in [2.75, 3.05) is 13.1 Å². The molecule has 4 nitrogen and oxygen atoms in total. The van der Waals surface area contributed by atoms with Crippen molar-refractivity contribution in [3.63, 3.8) is 0 Å². The van der Waals surface area contributed by atoms with Crippen molar-refractivity contribution in [3.05, 3.63) is 21.4 Å². The average molecular weight is 347 g/mol. The largest absolute Gasteiger partial charge is 0.352 e. The van der Waals surface area contributed by atoms with Gasteiger partial charge in [0.2, 0.25) is 0 Å². The molecule has 2 atom stereocenters. The molecule has 0 spiro atoms. The summed E-state index contributed by atoms with van der Waals surface area (Å²) in [5.74, 6) is -0.271. The zero-order valence-electron chi connectivity index (χ0n) is 10.2. The highest BCUT2D eigenvalue weighted by Crippen LogP contribution is 2.29. The third kappa shape index (κ3) is 3.70. The number of halogens is 4. The lowest BCUT2D eigenvalue weighted by molar-refractivity contribution is 0.0926. The summed E-state index contributed by atoms with van der Waals surface area (Å²) in [6.45, 7) is 3.29. The Morgan fingerprint density at radius 2 is 2.05 bits per heavy atom. The zero-order chi connectivity index (χ0) is 13.3. The van der Waals surface area contributed by atoms with Gasteiger partial charge >= 0.3 is 0 Å². The highest BCUT2D eigenvalue weighted by atomic mass is 35.5. The standard InChI is InChI=1S/C11H14Cl3N3O.ClH/c1-5-8(13)9(14)10(16-5)11(18)17-7-2-3-15-4-6(7)12;/h6-7,15-16H,2-4H2,1H3,(H,17,18);1H/t6-,7+;/m1./s1. The first kappa shape index (κ1) is 16.9. The predicted molar refractivity (Wildman–Crippen MR) is 81.2 cm³/mol. The van der Waals surface area contributed by atoms with Gasteiger partial charge in [-0.1, -0.05) is 23.2 Å². The topological polar surface area (TPSA) is 56.9 Å². The number of rotatable bonds is 2. The molecule has 2 heterocycles. The van der Waals surface area contributed by atoms with Crippen LogP contribution >= 0.6 is 47.2 Å². The number of aryl methyl sites for hydroxylation is 1. The summed E-state index contributed by atoms with van der Waals surface area (Å²) >= 11 is 18.1. The average Bonchev–Trinajstić information content (AvgIpc) is 2.60. The van der Waals surface area contributed by atoms with E-state index in [9.17, 15) is 4.79 Å². The summed E-state index contributed by atoms with van der Waals surface area (Å²) in [4.78, 5) is 15.0. The molecule has 1 aromatic heterocycles. The van der Waals surface area contributed by atoms with Crippen LogP contribution in [0.4, 0.5) is 0 Å². The maximum atomic E-state index is 12.1. The number of hydrogen-bond donors (Lipinski definition) is 3. The summed E-state index contributed by atoms with van der Waals surface area (Å²) in [6.07, 6.45) is 0.797. The van der Waals surface area contributed by atoms with Crippen LogP contribution in [0.15, 0.2) is 0 Å². The maximum Gasteiger partial charge on any atom is 0.269 e. The molecule has 19 heavy (non-hydrogen) atoms. The van der Waals surface area contributed by atoms with E-state index < -0.39 is 0 Å². The molecule has 0 saturated carbocycles. The van der Waals surface area contributed by atoms with Crippen LogP contribution in [0.1, 0.15) is 22.6 Å². The molecular formula is C11H15Cl4N3O. The molecule has 0 radical (unpaired) electrons. The summed E-state index contributed by atoms with van der Waals surface area (Å²) in [5, 5.41) is 6.57.